The van der Waals surface area contributed by atoms with Crippen molar-refractivity contribution < 1.29 is 9.53 Å². The van der Waals surface area contributed by atoms with Gasteiger partial charge in [-0.1, -0.05) is 29.3 Å². The predicted molar refractivity (Wildman–Crippen MR) is 147 cm³/mol. The van der Waals surface area contributed by atoms with Gasteiger partial charge in [0.05, 0.1) is 22.8 Å². The van der Waals surface area contributed by atoms with E-state index in [1.165, 1.54) is 0 Å². The van der Waals surface area contributed by atoms with Gasteiger partial charge in [0, 0.05) is 35.9 Å². The number of piperazine rings is 1. The number of fused-ring (bicyclic) bond motifs is 1. The van der Waals surface area contributed by atoms with Crippen LogP contribution in [0.5, 0.6) is 5.75 Å². The van der Waals surface area contributed by atoms with E-state index in [4.69, 9.17) is 38.7 Å². The van der Waals surface area contributed by atoms with Gasteiger partial charge in [-0.25, -0.2) is 9.97 Å². The number of benzene rings is 2. The van der Waals surface area contributed by atoms with E-state index in [1.54, 1.807) is 24.3 Å². The molecule has 1 atom stereocenters. The van der Waals surface area contributed by atoms with Crippen LogP contribution >= 0.6 is 23.2 Å². The van der Waals surface area contributed by atoms with E-state index in [0.717, 1.165) is 5.56 Å². The van der Waals surface area contributed by atoms with Crippen molar-refractivity contribution in [2.24, 2.45) is 0 Å². The van der Waals surface area contributed by atoms with Crippen LogP contribution in [0.3, 0.4) is 0 Å². The molecule has 1 saturated heterocycles. The summed E-state index contributed by atoms with van der Waals surface area (Å²) in [5, 5.41) is 7.27. The molecule has 4 N–H and O–H groups in total. The van der Waals surface area contributed by atoms with Crippen molar-refractivity contribution in [1.29, 1.82) is 0 Å². The number of hydrogen-bond acceptors (Lipinski definition) is 8. The normalized spacial score (nSPS) is 15.5. The molecule has 1 aliphatic rings. The first-order chi connectivity index (χ1) is 17.9. The maximum Gasteiger partial charge on any atom is 0.248 e. The largest absolute Gasteiger partial charge is 0.492 e. The van der Waals surface area contributed by atoms with Crippen molar-refractivity contribution in [1.82, 2.24) is 20.3 Å². The number of carbonyl (C=O) groups is 1. The molecular formula is C26H25Cl2N7O2. The number of nitrogens with two attached hydrogens (primary N) is 1. The van der Waals surface area contributed by atoms with Crippen LogP contribution in [0.1, 0.15) is 6.92 Å². The summed E-state index contributed by atoms with van der Waals surface area (Å²) in [6.07, 6.45) is 0. The highest BCUT2D eigenvalue weighted by Gasteiger charge is 2.32. The molecule has 0 radical (unpaired) electrons. The number of amides is 1. The molecule has 5 rings (SSSR count). The zero-order valence-corrected chi connectivity index (χ0v) is 21.6. The Bertz CT molecular complexity index is 1470. The van der Waals surface area contributed by atoms with Crippen LogP contribution in [0.25, 0.3) is 22.3 Å². The summed E-state index contributed by atoms with van der Waals surface area (Å²) in [6, 6.07) is 15.7. The van der Waals surface area contributed by atoms with Gasteiger partial charge in [0.1, 0.15) is 17.3 Å². The molecule has 190 valence electrons. The lowest BCUT2D eigenvalue weighted by atomic mass is 10.1. The highest BCUT2D eigenvalue weighted by molar-refractivity contribution is 6.32. The number of ether oxygens (including phenoxy) is 1. The Morgan fingerprint density at radius 3 is 2.81 bits per heavy atom. The van der Waals surface area contributed by atoms with Crippen LogP contribution in [0, 0.1) is 0 Å². The second-order valence-electron chi connectivity index (χ2n) is 8.46. The number of rotatable bonds is 6. The molecule has 0 aliphatic carbocycles. The summed E-state index contributed by atoms with van der Waals surface area (Å²) in [5.74, 6) is 1.01. The number of pyridine rings is 1. The maximum absolute atomic E-state index is 13.3. The number of carbonyl (C=O) groups excluding carboxylic acids is 1. The summed E-state index contributed by atoms with van der Waals surface area (Å²) in [4.78, 5) is 29.0. The van der Waals surface area contributed by atoms with E-state index in [2.05, 4.69) is 20.6 Å². The number of nitrogen functional groups attached to an aromatic ring is 1. The van der Waals surface area contributed by atoms with Gasteiger partial charge in [0.25, 0.3) is 0 Å². The number of nitrogens with one attached hydrogen (secondary N) is 2. The highest BCUT2D eigenvalue weighted by Crippen LogP contribution is 2.32. The fourth-order valence-electron chi connectivity index (χ4n) is 4.29. The van der Waals surface area contributed by atoms with Gasteiger partial charge in [0.15, 0.2) is 5.82 Å². The summed E-state index contributed by atoms with van der Waals surface area (Å²) in [6.45, 7) is 4.04. The third-order valence-electron chi connectivity index (χ3n) is 5.98. The van der Waals surface area contributed by atoms with Crippen LogP contribution in [0.4, 0.5) is 17.5 Å². The molecule has 3 heterocycles. The van der Waals surface area contributed by atoms with E-state index in [1.807, 2.05) is 42.2 Å². The van der Waals surface area contributed by atoms with Crippen molar-refractivity contribution in [2.45, 2.75) is 13.0 Å². The van der Waals surface area contributed by atoms with Gasteiger partial charge in [0.2, 0.25) is 11.9 Å². The predicted octanol–water partition coefficient (Wildman–Crippen LogP) is 4.40. The Hall–Kier alpha value is -3.66. The molecule has 37 heavy (non-hydrogen) atoms. The monoisotopic (exact) mass is 537 g/mol. The third-order valence-corrected chi connectivity index (χ3v) is 6.51. The van der Waals surface area contributed by atoms with Crippen LogP contribution in [-0.2, 0) is 4.79 Å². The quantitative estimate of drug-likeness (QED) is 0.331. The lowest BCUT2D eigenvalue weighted by Gasteiger charge is -2.36. The molecule has 0 spiro atoms. The lowest BCUT2D eigenvalue weighted by molar-refractivity contribution is -0.117. The maximum atomic E-state index is 13.3. The fourth-order valence-corrected chi connectivity index (χ4v) is 4.72. The molecule has 4 aromatic rings. The SMILES string of the molecule is CCOc1ccc(-c2ccc3nc(N)nc(N4CCNCC4C(=O)Nc4cccc(Cl)c4)c3n2)cc1Cl. The first-order valence-corrected chi connectivity index (χ1v) is 12.6. The molecule has 0 bridgehead atoms. The van der Waals surface area contributed by atoms with Gasteiger partial charge in [-0.05, 0) is 55.5 Å². The minimum Gasteiger partial charge on any atom is -0.492 e. The molecular weight excluding hydrogens is 513 g/mol. The van der Waals surface area contributed by atoms with Crippen molar-refractivity contribution in [3.05, 3.63) is 64.6 Å². The zero-order valence-electron chi connectivity index (χ0n) is 20.0. The first kappa shape index (κ1) is 25.0. The average molecular weight is 538 g/mol. The number of aromatic nitrogens is 3. The second kappa shape index (κ2) is 10.8. The summed E-state index contributed by atoms with van der Waals surface area (Å²) in [5.41, 5.74) is 9.30. The number of hydrogen-bond donors (Lipinski definition) is 3. The highest BCUT2D eigenvalue weighted by atomic mass is 35.5. The fraction of sp³-hybridized carbons (Fsp3) is 0.231. The molecule has 1 fully saturated rings. The average Bonchev–Trinajstić information content (AvgIpc) is 2.89. The Morgan fingerprint density at radius 1 is 1.16 bits per heavy atom. The number of nitrogens with zero attached hydrogens (tertiary/aromatic N) is 4. The van der Waals surface area contributed by atoms with Gasteiger partial charge < -0.3 is 26.0 Å². The Kier molecular flexibility index (Phi) is 7.27. The van der Waals surface area contributed by atoms with E-state index < -0.39 is 6.04 Å². The van der Waals surface area contributed by atoms with Gasteiger partial charge in [-0.2, -0.15) is 4.98 Å². The van der Waals surface area contributed by atoms with E-state index in [0.29, 0.717) is 70.3 Å². The Morgan fingerprint density at radius 2 is 2.03 bits per heavy atom. The topological polar surface area (TPSA) is 118 Å². The van der Waals surface area contributed by atoms with Crippen LogP contribution in [0.15, 0.2) is 54.6 Å². The van der Waals surface area contributed by atoms with Crippen molar-refractivity contribution >= 4 is 57.6 Å². The second-order valence-corrected chi connectivity index (χ2v) is 9.30. The van der Waals surface area contributed by atoms with Crippen LogP contribution < -0.4 is 26.0 Å². The summed E-state index contributed by atoms with van der Waals surface area (Å²) < 4.78 is 5.55. The first-order valence-electron chi connectivity index (χ1n) is 11.8. The van der Waals surface area contributed by atoms with Crippen LogP contribution in [-0.4, -0.2) is 53.1 Å². The number of anilines is 3. The minimum atomic E-state index is -0.560. The molecule has 0 saturated carbocycles. The zero-order chi connectivity index (χ0) is 25.9. The smallest absolute Gasteiger partial charge is 0.248 e. The van der Waals surface area contributed by atoms with Crippen LogP contribution in [0.2, 0.25) is 10.0 Å². The molecule has 2 aromatic carbocycles. The molecule has 1 unspecified atom stereocenters. The van der Waals surface area contributed by atoms with E-state index >= 15 is 0 Å². The molecule has 11 heteroatoms. The van der Waals surface area contributed by atoms with Gasteiger partial charge >= 0.3 is 0 Å². The van der Waals surface area contributed by atoms with E-state index in [-0.39, 0.29) is 11.9 Å². The molecule has 1 aliphatic heterocycles. The van der Waals surface area contributed by atoms with Gasteiger partial charge in [-0.15, -0.1) is 0 Å². The molecule has 9 nitrogen and oxygen atoms in total. The molecule has 1 amide bonds. The van der Waals surface area contributed by atoms with Crippen molar-refractivity contribution in [3.8, 4) is 17.0 Å². The third kappa shape index (κ3) is 5.39. The standard InChI is InChI=1S/C26H25Cl2N7O2/c1-2-37-22-9-6-15(12-18(22)28)19-7-8-20-23(32-19)24(34-26(29)33-20)35-11-10-30-14-21(35)25(36)31-17-5-3-4-16(27)13-17/h3-9,12-13,21,30H,2,10-11,14H2,1H3,(H,31,36)(H2,29,33,34). The number of halogens is 2. The Balaban J connectivity index is 1.53. The molecule has 2 aromatic heterocycles. The van der Waals surface area contributed by atoms with E-state index in [9.17, 15) is 4.79 Å². The summed E-state index contributed by atoms with van der Waals surface area (Å²) in [7, 11) is 0. The van der Waals surface area contributed by atoms with Crippen molar-refractivity contribution in [2.75, 3.05) is 42.2 Å². The Labute approximate surface area is 224 Å². The lowest BCUT2D eigenvalue weighted by Crippen LogP contribution is -2.57. The van der Waals surface area contributed by atoms with Gasteiger partial charge in [-0.3, -0.25) is 4.79 Å². The van der Waals surface area contributed by atoms with Crippen molar-refractivity contribution in [3.63, 3.8) is 0 Å². The minimum absolute atomic E-state index is 0.105. The summed E-state index contributed by atoms with van der Waals surface area (Å²) >= 11 is 12.5.